The van der Waals surface area contributed by atoms with Crippen molar-refractivity contribution in [3.05, 3.63) is 34.8 Å². The number of sulfonamides is 1. The number of nitrogens with one attached hydrogen (secondary N) is 1. The highest BCUT2D eigenvalue weighted by molar-refractivity contribution is 7.88. The Hall–Kier alpha value is -2.17. The summed E-state index contributed by atoms with van der Waals surface area (Å²) in [4.78, 5) is 17.3. The van der Waals surface area contributed by atoms with Crippen molar-refractivity contribution in [3.63, 3.8) is 0 Å². The number of carbonyl (C=O) groups excluding carboxylic acids is 1. The number of hydrogen-bond donors (Lipinski definition) is 1. The van der Waals surface area contributed by atoms with E-state index in [0.717, 1.165) is 10.6 Å². The van der Waals surface area contributed by atoms with Crippen LogP contribution in [0.3, 0.4) is 0 Å². The molecule has 3 rings (SSSR count). The van der Waals surface area contributed by atoms with Gasteiger partial charge in [-0.25, -0.2) is 13.4 Å². The molecular weight excluding hydrogens is 378 g/mol. The zero-order valence-corrected chi connectivity index (χ0v) is 16.0. The summed E-state index contributed by atoms with van der Waals surface area (Å²) in [6.45, 7) is 0.555. The number of thiazole rings is 1. The molecule has 0 atom stereocenters. The highest BCUT2D eigenvalue weighted by atomic mass is 32.2. The minimum absolute atomic E-state index is 0.147. The molecule has 0 saturated heterocycles. The molecule has 0 unspecified atom stereocenters. The minimum atomic E-state index is -3.23. The number of anilines is 1. The lowest BCUT2D eigenvalue weighted by Crippen LogP contribution is -2.34. The first kappa shape index (κ1) is 18.6. The molecule has 1 aliphatic heterocycles. The molecule has 26 heavy (non-hydrogen) atoms. The third-order valence-corrected chi connectivity index (χ3v) is 6.09. The Morgan fingerprint density at radius 1 is 1.31 bits per heavy atom. The zero-order valence-electron chi connectivity index (χ0n) is 14.4. The molecule has 0 fully saturated rings. The first-order valence-electron chi connectivity index (χ1n) is 7.85. The van der Waals surface area contributed by atoms with E-state index in [-0.39, 0.29) is 12.5 Å². The van der Waals surface area contributed by atoms with Gasteiger partial charge in [-0.2, -0.15) is 4.31 Å². The summed E-state index contributed by atoms with van der Waals surface area (Å²) in [5, 5.41) is 3.15. The van der Waals surface area contributed by atoms with E-state index in [2.05, 4.69) is 10.3 Å². The van der Waals surface area contributed by atoms with Crippen LogP contribution < -0.4 is 14.8 Å². The Kier molecular flexibility index (Phi) is 5.44. The molecule has 1 N–H and O–H groups in total. The van der Waals surface area contributed by atoms with Crippen molar-refractivity contribution in [1.29, 1.82) is 0 Å². The van der Waals surface area contributed by atoms with Gasteiger partial charge in [0.25, 0.3) is 5.91 Å². The van der Waals surface area contributed by atoms with E-state index in [0.29, 0.717) is 36.1 Å². The first-order chi connectivity index (χ1) is 12.3. The maximum absolute atomic E-state index is 12.0. The summed E-state index contributed by atoms with van der Waals surface area (Å²) in [5.74, 6) is 0.938. The van der Waals surface area contributed by atoms with Crippen LogP contribution in [0.2, 0.25) is 0 Å². The molecule has 2 heterocycles. The van der Waals surface area contributed by atoms with Crippen molar-refractivity contribution in [1.82, 2.24) is 9.29 Å². The minimum Gasteiger partial charge on any atom is -0.497 e. The van der Waals surface area contributed by atoms with E-state index in [1.54, 1.807) is 31.4 Å². The van der Waals surface area contributed by atoms with Gasteiger partial charge < -0.3 is 9.47 Å². The van der Waals surface area contributed by atoms with Gasteiger partial charge >= 0.3 is 0 Å². The summed E-state index contributed by atoms with van der Waals surface area (Å²) in [6, 6.07) is 6.92. The van der Waals surface area contributed by atoms with E-state index >= 15 is 0 Å². The number of fused-ring (bicyclic) bond motifs is 1. The average Bonchev–Trinajstić information content (AvgIpc) is 3.01. The smallest absolute Gasteiger partial charge is 0.264 e. The number of nitrogens with zero attached hydrogens (tertiary/aromatic N) is 2. The molecule has 0 spiro atoms. The average molecular weight is 397 g/mol. The molecule has 0 aliphatic carbocycles. The van der Waals surface area contributed by atoms with Crippen LogP contribution in [-0.2, 0) is 27.8 Å². The van der Waals surface area contributed by atoms with Gasteiger partial charge in [0.05, 0.1) is 19.1 Å². The second-order valence-electron chi connectivity index (χ2n) is 5.75. The fraction of sp³-hybridized carbons (Fsp3) is 0.375. The second kappa shape index (κ2) is 7.60. The van der Waals surface area contributed by atoms with Crippen LogP contribution in [0.25, 0.3) is 0 Å². The molecule has 8 nitrogen and oxygen atoms in total. The molecule has 1 amide bonds. The van der Waals surface area contributed by atoms with Gasteiger partial charge in [-0.1, -0.05) is 0 Å². The number of aromatic nitrogens is 1. The zero-order chi connectivity index (χ0) is 18.7. The second-order valence-corrected chi connectivity index (χ2v) is 8.81. The van der Waals surface area contributed by atoms with Gasteiger partial charge in [0, 0.05) is 24.4 Å². The molecule has 10 heteroatoms. The number of benzene rings is 1. The number of ether oxygens (including phenoxy) is 2. The summed E-state index contributed by atoms with van der Waals surface area (Å²) in [7, 11) is -1.66. The maximum Gasteiger partial charge on any atom is 0.264 e. The SMILES string of the molecule is COc1ccc(OCC(=O)Nc2nc3c(s2)CN(S(C)(=O)=O)CC3)cc1. The van der Waals surface area contributed by atoms with Crippen LogP contribution in [0.4, 0.5) is 5.13 Å². The molecule has 2 aromatic rings. The number of amides is 1. The van der Waals surface area contributed by atoms with Crippen LogP contribution in [0.15, 0.2) is 24.3 Å². The topological polar surface area (TPSA) is 97.8 Å². The van der Waals surface area contributed by atoms with E-state index < -0.39 is 10.0 Å². The van der Waals surface area contributed by atoms with Crippen LogP contribution >= 0.6 is 11.3 Å². The molecule has 140 valence electrons. The molecular formula is C16H19N3O5S2. The Morgan fingerprint density at radius 2 is 2.00 bits per heavy atom. The highest BCUT2D eigenvalue weighted by Crippen LogP contribution is 2.29. The van der Waals surface area contributed by atoms with Gasteiger partial charge in [0.1, 0.15) is 11.5 Å². The molecule has 1 aromatic heterocycles. The van der Waals surface area contributed by atoms with Crippen molar-refractivity contribution < 1.29 is 22.7 Å². The fourth-order valence-corrected chi connectivity index (χ4v) is 4.39. The van der Waals surface area contributed by atoms with Gasteiger partial charge in [0.15, 0.2) is 11.7 Å². The third kappa shape index (κ3) is 4.51. The molecule has 1 aliphatic rings. The van der Waals surface area contributed by atoms with Crippen molar-refractivity contribution in [3.8, 4) is 11.5 Å². The number of rotatable bonds is 6. The van der Waals surface area contributed by atoms with Gasteiger partial charge in [-0.15, -0.1) is 11.3 Å². The summed E-state index contributed by atoms with van der Waals surface area (Å²) < 4.78 is 35.2. The summed E-state index contributed by atoms with van der Waals surface area (Å²) in [5.41, 5.74) is 0.835. The van der Waals surface area contributed by atoms with Gasteiger partial charge in [-0.3, -0.25) is 10.1 Å². The molecule has 0 radical (unpaired) electrons. The van der Waals surface area contributed by atoms with Crippen LogP contribution in [0, 0.1) is 0 Å². The Balaban J connectivity index is 1.56. The van der Waals surface area contributed by atoms with Gasteiger partial charge in [0.2, 0.25) is 10.0 Å². The Bertz CT molecular complexity index is 893. The molecule has 0 saturated carbocycles. The predicted octanol–water partition coefficient (Wildman–Crippen LogP) is 1.49. The van der Waals surface area contributed by atoms with Crippen LogP contribution in [0.5, 0.6) is 11.5 Å². The number of hydrogen-bond acceptors (Lipinski definition) is 7. The fourth-order valence-electron chi connectivity index (χ4n) is 2.48. The highest BCUT2D eigenvalue weighted by Gasteiger charge is 2.26. The summed E-state index contributed by atoms with van der Waals surface area (Å²) >= 11 is 1.29. The van der Waals surface area contributed by atoms with E-state index in [4.69, 9.17) is 9.47 Å². The first-order valence-corrected chi connectivity index (χ1v) is 10.5. The lowest BCUT2D eigenvalue weighted by Gasteiger charge is -2.23. The van der Waals surface area contributed by atoms with Crippen molar-refractivity contribution in [2.24, 2.45) is 0 Å². The van der Waals surface area contributed by atoms with Crippen molar-refractivity contribution >= 4 is 32.4 Å². The lowest BCUT2D eigenvalue weighted by molar-refractivity contribution is -0.118. The van der Waals surface area contributed by atoms with Crippen LogP contribution in [-0.4, -0.2) is 50.1 Å². The van der Waals surface area contributed by atoms with Gasteiger partial charge in [-0.05, 0) is 24.3 Å². The largest absolute Gasteiger partial charge is 0.497 e. The lowest BCUT2D eigenvalue weighted by atomic mass is 10.2. The monoisotopic (exact) mass is 397 g/mol. The van der Waals surface area contributed by atoms with E-state index in [1.165, 1.54) is 21.9 Å². The van der Waals surface area contributed by atoms with Crippen molar-refractivity contribution in [2.75, 3.05) is 31.8 Å². The van der Waals surface area contributed by atoms with E-state index in [1.807, 2.05) is 0 Å². The number of carbonyl (C=O) groups is 1. The quantitative estimate of drug-likeness (QED) is 0.793. The normalized spacial score (nSPS) is 14.5. The predicted molar refractivity (Wildman–Crippen MR) is 98.2 cm³/mol. The maximum atomic E-state index is 12.0. The number of methoxy groups -OCH3 is 1. The Labute approximate surface area is 155 Å². The van der Waals surface area contributed by atoms with Crippen molar-refractivity contribution in [2.45, 2.75) is 13.0 Å². The standard InChI is InChI=1S/C16H19N3O5S2/c1-23-11-3-5-12(6-4-11)24-10-15(20)18-16-17-13-7-8-19(26(2,21)22)9-14(13)25-16/h3-6H,7-10H2,1-2H3,(H,17,18,20). The molecule has 0 bridgehead atoms. The summed E-state index contributed by atoms with van der Waals surface area (Å²) in [6.07, 6.45) is 1.73. The van der Waals surface area contributed by atoms with E-state index in [9.17, 15) is 13.2 Å². The van der Waals surface area contributed by atoms with Crippen LogP contribution in [0.1, 0.15) is 10.6 Å². The third-order valence-electron chi connectivity index (χ3n) is 3.84. The Morgan fingerprint density at radius 3 is 2.65 bits per heavy atom. The molecule has 1 aromatic carbocycles.